The van der Waals surface area contributed by atoms with Gasteiger partial charge in [0.25, 0.3) is 0 Å². The molecule has 0 N–H and O–H groups in total. The molecule has 22 rings (SSSR count). The minimum atomic E-state index is -1.20. The number of halogens is 4. The van der Waals surface area contributed by atoms with E-state index in [4.69, 9.17) is 9.98 Å². The smallest absolute Gasteiger partial charge is 0.216 e. The van der Waals surface area contributed by atoms with Crippen molar-refractivity contribution in [3.8, 4) is 0 Å². The van der Waals surface area contributed by atoms with E-state index in [-0.39, 0.29) is 71.2 Å². The summed E-state index contributed by atoms with van der Waals surface area (Å²) in [7, 11) is 0. The number of thiophene rings is 6. The van der Waals surface area contributed by atoms with Crippen molar-refractivity contribution >= 4 is 173 Å². The Kier molecular flexibility index (Phi) is 13.0. The maximum absolute atomic E-state index is 15.0. The second kappa shape index (κ2) is 21.6. The van der Waals surface area contributed by atoms with E-state index in [0.29, 0.717) is 44.3 Å². The van der Waals surface area contributed by atoms with Crippen molar-refractivity contribution in [3.63, 3.8) is 0 Å². The summed E-state index contributed by atoms with van der Waals surface area (Å²) in [6.07, 6.45) is 23.7. The quantitative estimate of drug-likeness (QED) is 0.0956. The topological polar surface area (TPSA) is 161 Å². The number of nitrogens with zero attached hydrogens (tertiary/aromatic N) is 2. The van der Waals surface area contributed by atoms with Gasteiger partial charge in [0, 0.05) is 89.5 Å². The molecule has 0 saturated heterocycles. The summed E-state index contributed by atoms with van der Waals surface area (Å²) in [4.78, 5) is 126. The van der Waals surface area contributed by atoms with Crippen LogP contribution < -0.4 is 32.4 Å². The number of carbonyl (C=O) groups excluding carboxylic acids is 4. The molecule has 0 atom stereocenters. The van der Waals surface area contributed by atoms with Crippen LogP contribution in [0.2, 0.25) is 0 Å². The van der Waals surface area contributed by atoms with Crippen molar-refractivity contribution < 1.29 is 36.7 Å². The second-order valence-electron chi connectivity index (χ2n) is 30.8. The number of allylic oxidation sites excluding steroid dienone is 10. The van der Waals surface area contributed by atoms with E-state index in [9.17, 15) is 47.1 Å². The molecule has 5 spiro atoms. The van der Waals surface area contributed by atoms with Crippen molar-refractivity contribution in [2.45, 2.75) is 126 Å². The number of ketones is 4. The molecule has 0 aliphatic heterocycles. The van der Waals surface area contributed by atoms with Crippen LogP contribution in [0.15, 0.2) is 166 Å². The van der Waals surface area contributed by atoms with Crippen LogP contribution in [0.5, 0.6) is 0 Å². The Morgan fingerprint density at radius 2 is 0.781 bits per heavy atom. The van der Waals surface area contributed by atoms with E-state index in [0.717, 1.165) is 166 Å². The van der Waals surface area contributed by atoms with Crippen molar-refractivity contribution in [1.82, 2.24) is 0 Å². The first-order chi connectivity index (χ1) is 50.8. The molecule has 20 heteroatoms. The minimum Gasteiger partial charge on any atom is -0.288 e. The Bertz CT molecular complexity index is 6630. The molecule has 0 unspecified atom stereocenters. The lowest BCUT2D eigenvalue weighted by atomic mass is 9.52. The Morgan fingerprint density at radius 3 is 1.28 bits per heavy atom. The number of benzene rings is 4. The fourth-order valence-electron chi connectivity index (χ4n) is 21.0. The molecule has 4 fully saturated rings. The van der Waals surface area contributed by atoms with Gasteiger partial charge in [0.05, 0.1) is 45.0 Å². The van der Waals surface area contributed by atoms with Gasteiger partial charge >= 0.3 is 0 Å². The van der Waals surface area contributed by atoms with Crippen molar-refractivity contribution in [2.75, 3.05) is 0 Å². The Balaban J connectivity index is 0.668. The number of hydrogen-bond donors (Lipinski definition) is 0. The van der Waals surface area contributed by atoms with Crippen LogP contribution >= 0.6 is 68.0 Å². The highest BCUT2D eigenvalue weighted by Gasteiger charge is 2.63. The molecule has 10 aliphatic carbocycles. The maximum atomic E-state index is 15.0. The highest BCUT2D eigenvalue weighted by molar-refractivity contribution is 7.40. The van der Waals surface area contributed by atoms with Crippen LogP contribution in [0.1, 0.15) is 183 Å². The largest absolute Gasteiger partial charge is 0.288 e. The molecule has 4 saturated carbocycles. The number of hydrogen-bond acceptors (Lipinski definition) is 16. The van der Waals surface area contributed by atoms with Crippen molar-refractivity contribution in [3.05, 3.63) is 260 Å². The van der Waals surface area contributed by atoms with Gasteiger partial charge in [0.1, 0.15) is 5.00 Å². The summed E-state index contributed by atoms with van der Waals surface area (Å²) in [5, 5.41) is 1.94. The normalized spacial score (nSPS) is 23.4. The average Bonchev–Trinajstić information content (AvgIpc) is 1.50. The predicted octanol–water partition coefficient (Wildman–Crippen LogP) is 19.6. The van der Waals surface area contributed by atoms with Gasteiger partial charge in [-0.25, -0.2) is 27.5 Å². The molecule has 0 bridgehead atoms. The number of fused-ring (bicyclic) bond motifs is 22. The van der Waals surface area contributed by atoms with Crippen LogP contribution in [0, 0.1) is 39.5 Å². The highest BCUT2D eigenvalue weighted by Crippen LogP contribution is 2.76. The molecule has 105 heavy (non-hydrogen) atoms. The summed E-state index contributed by atoms with van der Waals surface area (Å²) in [5.74, 6) is -7.37. The Labute approximate surface area is 616 Å². The van der Waals surface area contributed by atoms with Gasteiger partial charge in [-0.2, -0.15) is 0 Å². The number of Topliss-reactive ketones (excluding diaryl/α,β-unsaturated/α-hetero) is 4. The number of carbonyl (C=O) groups is 4. The van der Waals surface area contributed by atoms with Gasteiger partial charge in [0.15, 0.2) is 57.1 Å². The number of rotatable bonds is 4. The third-order valence-electron chi connectivity index (χ3n) is 26.1. The van der Waals surface area contributed by atoms with E-state index >= 15 is 8.78 Å². The van der Waals surface area contributed by atoms with Crippen LogP contribution in [-0.2, 0) is 10.8 Å². The predicted molar refractivity (Wildman–Crippen MR) is 409 cm³/mol. The van der Waals surface area contributed by atoms with E-state index in [1.165, 1.54) is 75.2 Å². The Morgan fingerprint density at radius 1 is 0.371 bits per heavy atom. The molecule has 516 valence electrons. The Hall–Kier alpha value is -9.02. The second-order valence-corrected chi connectivity index (χ2v) is 37.1. The zero-order valence-corrected chi connectivity index (χ0v) is 60.6. The van der Waals surface area contributed by atoms with Crippen LogP contribution in [0.3, 0.4) is 0 Å². The van der Waals surface area contributed by atoms with E-state index in [1.807, 2.05) is 12.1 Å². The molecule has 12 aromatic rings. The fourth-order valence-corrected chi connectivity index (χ4v) is 30.1. The van der Waals surface area contributed by atoms with Crippen LogP contribution in [0.25, 0.3) is 76.4 Å². The SMILES string of the molecule is O=C1C(=CC2=CC3=C(c4sc5c(sc6cc(C=C7C(=O)c8cc(F)c(F)cc8C7=O)sc65)c4C34CCCCC4)C23CCC2(CC3)CCC3(CC2)C2=C(c4sc5c(sc6cc(N=c7c(=O)c8ccccc8c7=O)sc65)c43)C3(CCCCC3)C(N=c3c(=O)c4ccccc4c3=O)=C2)C(=O)c2cc(F)c(F)cc21. The van der Waals surface area contributed by atoms with Crippen LogP contribution in [0.4, 0.5) is 22.6 Å². The first-order valence-corrected chi connectivity index (χ1v) is 40.8. The molecule has 6 heterocycles. The zero-order valence-electron chi connectivity index (χ0n) is 55.7. The molecule has 6 aromatic carbocycles. The van der Waals surface area contributed by atoms with Gasteiger partial charge in [0.2, 0.25) is 21.7 Å². The third kappa shape index (κ3) is 8.17. The fraction of sp³-hybridized carbons (Fsp3) is 0.271. The molecule has 6 aromatic heterocycles. The molecule has 0 radical (unpaired) electrons. The highest BCUT2D eigenvalue weighted by atomic mass is 32.1. The molecule has 10 nitrogen and oxygen atoms in total. The summed E-state index contributed by atoms with van der Waals surface area (Å²) < 4.78 is 67.7. The molecule has 10 aliphatic rings. The standard InChI is InChI=1S/C85H54F4N2O8S6/c86-51-31-43-44(32-52(51)87)66(93)47(65(43)92)27-37-28-49-59(75-61(83(49)15-7-1-8-16-83)77-79(104-75)73-55(101-77)30-38(100-73)29-48-67(94)45-33-53(88)54(89)34-46(45)68(48)95)82(37)23-19-81(20-24-82)21-25-84(26-22-81)50-35-57(90-63-69(96)39-11-3-4-12-40(39)70(63)97)85(17-9-2-10-18-85)60(50)76-62(84)78-80(105-76)74-56(102-78)36-58(103-74)91-64-71(98)41-13-5-6-14-42(41)72(64)99/h3-6,11-14,27-36H,1-2,7-10,15-26H2. The lowest BCUT2D eigenvalue weighted by molar-refractivity contribution is 0.0667. The minimum absolute atomic E-state index is 0.0356. The molecular formula is C85H54F4N2O8S6. The lowest BCUT2D eigenvalue weighted by Crippen LogP contribution is -2.41. The van der Waals surface area contributed by atoms with Crippen LogP contribution in [-0.4, -0.2) is 23.1 Å². The lowest BCUT2D eigenvalue weighted by Gasteiger charge is -2.52. The average molecular weight is 1500 g/mol. The summed E-state index contributed by atoms with van der Waals surface area (Å²) in [5.41, 5.74) is 4.76. The summed E-state index contributed by atoms with van der Waals surface area (Å²) >= 11 is 9.98. The first-order valence-electron chi connectivity index (χ1n) is 35.9. The first kappa shape index (κ1) is 63.3. The van der Waals surface area contributed by atoms with E-state index < -0.39 is 68.1 Å². The van der Waals surface area contributed by atoms with Gasteiger partial charge in [-0.15, -0.1) is 68.0 Å². The van der Waals surface area contributed by atoms with Gasteiger partial charge in [-0.1, -0.05) is 93.1 Å². The summed E-state index contributed by atoms with van der Waals surface area (Å²) in [6.45, 7) is 0. The third-order valence-corrected chi connectivity index (χ3v) is 33.8. The molecule has 0 amide bonds. The van der Waals surface area contributed by atoms with Crippen molar-refractivity contribution in [1.29, 1.82) is 0 Å². The van der Waals surface area contributed by atoms with Gasteiger partial charge in [-0.3, -0.25) is 38.4 Å². The van der Waals surface area contributed by atoms with Gasteiger partial charge in [-0.05, 0) is 176 Å². The van der Waals surface area contributed by atoms with Crippen molar-refractivity contribution in [2.24, 2.45) is 26.2 Å². The van der Waals surface area contributed by atoms with E-state index in [2.05, 4.69) is 12.2 Å². The summed E-state index contributed by atoms with van der Waals surface area (Å²) in [6, 6.07) is 21.1. The van der Waals surface area contributed by atoms with E-state index in [1.54, 1.807) is 106 Å². The monoisotopic (exact) mass is 1500 g/mol. The maximum Gasteiger partial charge on any atom is 0.216 e. The zero-order chi connectivity index (χ0) is 71.0. The van der Waals surface area contributed by atoms with Gasteiger partial charge < -0.3 is 0 Å². The molecular weight excluding hydrogens is 1450 g/mol.